The van der Waals surface area contributed by atoms with Gasteiger partial charge < -0.3 is 5.32 Å². The number of aryl methyl sites for hydroxylation is 1. The number of benzene rings is 2. The predicted octanol–water partition coefficient (Wildman–Crippen LogP) is 3.26. The van der Waals surface area contributed by atoms with E-state index in [2.05, 4.69) is 29.5 Å². The summed E-state index contributed by atoms with van der Waals surface area (Å²) in [6, 6.07) is 18.2. The Morgan fingerprint density at radius 3 is 2.61 bits per heavy atom. The molecule has 23 heavy (non-hydrogen) atoms. The highest BCUT2D eigenvalue weighted by atomic mass is 16.2. The van der Waals surface area contributed by atoms with Crippen LogP contribution in [0.25, 0.3) is 10.9 Å². The van der Waals surface area contributed by atoms with Gasteiger partial charge in [-0.2, -0.15) is 5.10 Å². The maximum Gasteiger partial charge on any atom is 0.241 e. The number of nitrogens with zero attached hydrogens (tertiary/aromatic N) is 2. The molecule has 0 spiro atoms. The van der Waals surface area contributed by atoms with Crippen LogP contribution in [0.4, 0.5) is 0 Å². The molecular formula is C19H21N3O. The van der Waals surface area contributed by atoms with Gasteiger partial charge in [0.15, 0.2) is 0 Å². The van der Waals surface area contributed by atoms with Crippen molar-refractivity contribution in [3.8, 4) is 0 Å². The zero-order valence-electron chi connectivity index (χ0n) is 13.5. The molecule has 3 aromatic rings. The summed E-state index contributed by atoms with van der Waals surface area (Å²) in [5.41, 5.74) is 3.18. The number of aromatic nitrogens is 2. The molecule has 0 unspecified atom stereocenters. The molecule has 1 N–H and O–H groups in total. The Hall–Kier alpha value is -2.62. The monoisotopic (exact) mass is 307 g/mol. The predicted molar refractivity (Wildman–Crippen MR) is 92.3 cm³/mol. The largest absolute Gasteiger partial charge is 0.354 e. The van der Waals surface area contributed by atoms with Crippen LogP contribution < -0.4 is 5.32 Å². The van der Waals surface area contributed by atoms with Crippen LogP contribution >= 0.6 is 0 Å². The molecule has 0 aliphatic carbocycles. The quantitative estimate of drug-likeness (QED) is 0.786. The smallest absolute Gasteiger partial charge is 0.241 e. The van der Waals surface area contributed by atoms with Crippen LogP contribution in [0.3, 0.4) is 0 Å². The Labute approximate surface area is 136 Å². The summed E-state index contributed by atoms with van der Waals surface area (Å²) >= 11 is 0. The fourth-order valence-corrected chi connectivity index (χ4v) is 2.77. The van der Waals surface area contributed by atoms with Gasteiger partial charge in [-0.05, 0) is 24.5 Å². The fourth-order valence-electron chi connectivity index (χ4n) is 2.77. The summed E-state index contributed by atoms with van der Waals surface area (Å²) in [6.45, 7) is 4.95. The van der Waals surface area contributed by atoms with Gasteiger partial charge in [0, 0.05) is 11.9 Å². The van der Waals surface area contributed by atoms with E-state index < -0.39 is 0 Å². The number of hydrogen-bond acceptors (Lipinski definition) is 2. The molecule has 4 heteroatoms. The third kappa shape index (κ3) is 3.42. The average molecular weight is 307 g/mol. The molecule has 0 fully saturated rings. The minimum Gasteiger partial charge on any atom is -0.354 e. The molecule has 1 amide bonds. The van der Waals surface area contributed by atoms with Crippen LogP contribution in [-0.4, -0.2) is 22.2 Å². The lowest BCUT2D eigenvalue weighted by Crippen LogP contribution is -2.31. The summed E-state index contributed by atoms with van der Waals surface area (Å²) in [7, 11) is 0. The lowest BCUT2D eigenvalue weighted by Gasteiger charge is -2.13. The Balaban J connectivity index is 1.63. The third-order valence-electron chi connectivity index (χ3n) is 4.11. The molecule has 0 saturated carbocycles. The third-order valence-corrected chi connectivity index (χ3v) is 4.11. The van der Waals surface area contributed by atoms with Crippen molar-refractivity contribution in [3.05, 3.63) is 65.9 Å². The number of para-hydroxylation sites is 1. The number of carbonyl (C=O) groups excluding carboxylic acids is 1. The maximum absolute atomic E-state index is 12.2. The summed E-state index contributed by atoms with van der Waals surface area (Å²) in [4.78, 5) is 12.2. The van der Waals surface area contributed by atoms with E-state index in [9.17, 15) is 4.79 Å². The summed E-state index contributed by atoms with van der Waals surface area (Å²) in [5, 5.41) is 8.57. The summed E-state index contributed by atoms with van der Waals surface area (Å²) in [6.07, 6.45) is 0. The van der Waals surface area contributed by atoms with E-state index in [0.29, 0.717) is 6.54 Å². The number of amides is 1. The number of fused-ring (bicyclic) bond motifs is 1. The van der Waals surface area contributed by atoms with E-state index in [1.807, 2.05) is 49.4 Å². The van der Waals surface area contributed by atoms with Gasteiger partial charge in [0.25, 0.3) is 0 Å². The van der Waals surface area contributed by atoms with Gasteiger partial charge in [-0.3, -0.25) is 9.48 Å². The van der Waals surface area contributed by atoms with Gasteiger partial charge in [0.1, 0.15) is 6.54 Å². The second-order valence-electron chi connectivity index (χ2n) is 5.88. The number of hydrogen-bond donors (Lipinski definition) is 1. The van der Waals surface area contributed by atoms with Crippen molar-refractivity contribution < 1.29 is 4.79 Å². The Morgan fingerprint density at radius 1 is 1.13 bits per heavy atom. The molecule has 2 aromatic carbocycles. The summed E-state index contributed by atoms with van der Waals surface area (Å²) < 4.78 is 1.77. The lowest BCUT2D eigenvalue weighted by atomic mass is 10.0. The highest BCUT2D eigenvalue weighted by Gasteiger charge is 2.11. The molecule has 0 saturated heterocycles. The van der Waals surface area contributed by atoms with Crippen molar-refractivity contribution in [2.75, 3.05) is 6.54 Å². The van der Waals surface area contributed by atoms with E-state index in [0.717, 1.165) is 16.6 Å². The number of nitrogens with one attached hydrogen (secondary N) is 1. The van der Waals surface area contributed by atoms with Gasteiger partial charge in [0.05, 0.1) is 11.2 Å². The molecule has 1 heterocycles. The van der Waals surface area contributed by atoms with Crippen LogP contribution in [0.2, 0.25) is 0 Å². The van der Waals surface area contributed by atoms with Gasteiger partial charge in [0.2, 0.25) is 5.91 Å². The van der Waals surface area contributed by atoms with Crippen LogP contribution in [0.15, 0.2) is 54.6 Å². The van der Waals surface area contributed by atoms with Crippen molar-refractivity contribution in [1.29, 1.82) is 0 Å². The fraction of sp³-hybridized carbons (Fsp3) is 0.263. The summed E-state index contributed by atoms with van der Waals surface area (Å²) in [5.74, 6) is 0.275. The first-order valence-corrected chi connectivity index (χ1v) is 7.89. The highest BCUT2D eigenvalue weighted by Crippen LogP contribution is 2.17. The molecule has 3 rings (SSSR count). The van der Waals surface area contributed by atoms with E-state index in [-0.39, 0.29) is 18.4 Å². The molecular weight excluding hydrogens is 286 g/mol. The van der Waals surface area contributed by atoms with Gasteiger partial charge in [-0.1, -0.05) is 55.5 Å². The first kappa shape index (κ1) is 15.3. The minimum absolute atomic E-state index is 0.0129. The van der Waals surface area contributed by atoms with E-state index >= 15 is 0 Å². The zero-order valence-corrected chi connectivity index (χ0v) is 13.5. The molecule has 4 nitrogen and oxygen atoms in total. The van der Waals surface area contributed by atoms with Crippen molar-refractivity contribution in [3.63, 3.8) is 0 Å². The maximum atomic E-state index is 12.2. The first-order valence-electron chi connectivity index (χ1n) is 7.89. The molecule has 1 aromatic heterocycles. The minimum atomic E-state index is -0.0129. The Morgan fingerprint density at radius 2 is 1.83 bits per heavy atom. The number of carbonyl (C=O) groups is 1. The van der Waals surface area contributed by atoms with Crippen molar-refractivity contribution >= 4 is 16.8 Å². The topological polar surface area (TPSA) is 46.9 Å². The molecule has 1 atom stereocenters. The van der Waals surface area contributed by atoms with Gasteiger partial charge in [-0.25, -0.2) is 0 Å². The Kier molecular flexibility index (Phi) is 4.42. The highest BCUT2D eigenvalue weighted by molar-refractivity contribution is 5.84. The SMILES string of the molecule is Cc1nn(CC(=O)NC[C@H](C)c2ccccc2)c2ccccc12. The second kappa shape index (κ2) is 6.65. The van der Waals surface area contributed by atoms with Gasteiger partial charge >= 0.3 is 0 Å². The molecule has 0 aliphatic rings. The van der Waals surface area contributed by atoms with Crippen LogP contribution in [-0.2, 0) is 11.3 Å². The van der Waals surface area contributed by atoms with Crippen LogP contribution in [0, 0.1) is 6.92 Å². The van der Waals surface area contributed by atoms with E-state index in [1.165, 1.54) is 5.56 Å². The van der Waals surface area contributed by atoms with Crippen LogP contribution in [0.5, 0.6) is 0 Å². The second-order valence-corrected chi connectivity index (χ2v) is 5.88. The van der Waals surface area contributed by atoms with Crippen LogP contribution in [0.1, 0.15) is 24.1 Å². The van der Waals surface area contributed by atoms with E-state index in [1.54, 1.807) is 4.68 Å². The van der Waals surface area contributed by atoms with Gasteiger partial charge in [-0.15, -0.1) is 0 Å². The zero-order chi connectivity index (χ0) is 16.2. The number of rotatable bonds is 5. The molecule has 118 valence electrons. The molecule has 0 bridgehead atoms. The first-order chi connectivity index (χ1) is 11.1. The molecule has 0 aliphatic heterocycles. The van der Waals surface area contributed by atoms with Crippen molar-refractivity contribution in [2.45, 2.75) is 26.3 Å². The normalized spacial score (nSPS) is 12.3. The Bertz CT molecular complexity index is 808. The molecule has 0 radical (unpaired) electrons. The van der Waals surface area contributed by atoms with Crippen molar-refractivity contribution in [2.24, 2.45) is 0 Å². The van der Waals surface area contributed by atoms with Crippen molar-refractivity contribution in [1.82, 2.24) is 15.1 Å². The average Bonchev–Trinajstić information content (AvgIpc) is 2.90. The van der Waals surface area contributed by atoms with E-state index in [4.69, 9.17) is 0 Å². The standard InChI is InChI=1S/C19H21N3O/c1-14(16-8-4-3-5-9-16)12-20-19(23)13-22-18-11-7-6-10-17(18)15(2)21-22/h3-11,14H,12-13H2,1-2H3,(H,20,23)/t14-/m0/s1. The lowest BCUT2D eigenvalue weighted by molar-refractivity contribution is -0.121.